The molecule has 0 fully saturated rings. The molecule has 1 heterocycles. The lowest BCUT2D eigenvalue weighted by Gasteiger charge is -2.01. The molecule has 2 aromatic rings. The number of sulfone groups is 1. The van der Waals surface area contributed by atoms with Gasteiger partial charge in [0.25, 0.3) is 0 Å². The second-order valence-electron chi connectivity index (χ2n) is 4.50. The average molecular weight is 291 g/mol. The Balaban J connectivity index is 2.15. The van der Waals surface area contributed by atoms with Crippen LogP contribution in [0.5, 0.6) is 0 Å². The van der Waals surface area contributed by atoms with Crippen molar-refractivity contribution in [1.29, 1.82) is 5.26 Å². The zero-order chi connectivity index (χ0) is 14.8. The maximum atomic E-state index is 11.4. The third-order valence-corrected chi connectivity index (χ3v) is 4.42. The van der Waals surface area contributed by atoms with Crippen LogP contribution in [-0.2, 0) is 16.3 Å². The molecule has 0 saturated heterocycles. The Kier molecular flexibility index (Phi) is 3.86. The van der Waals surface area contributed by atoms with Gasteiger partial charge in [0.05, 0.1) is 18.1 Å². The summed E-state index contributed by atoms with van der Waals surface area (Å²) in [7, 11) is -3.25. The van der Waals surface area contributed by atoms with E-state index in [2.05, 4.69) is 10.1 Å². The standard InChI is InChI=1S/C13H13N3O3S/c1-9(20(2,17)18)13-15-12(19-16-13)7-10-3-5-11(8-14)6-4-10/h3-6,9H,7H2,1-2H3. The minimum absolute atomic E-state index is 0.163. The molecule has 20 heavy (non-hydrogen) atoms. The molecule has 1 atom stereocenters. The molecule has 0 spiro atoms. The van der Waals surface area contributed by atoms with Gasteiger partial charge in [-0.25, -0.2) is 8.42 Å². The topological polar surface area (TPSA) is 96.8 Å². The van der Waals surface area contributed by atoms with E-state index in [1.165, 1.54) is 6.92 Å². The summed E-state index contributed by atoms with van der Waals surface area (Å²) in [6.07, 6.45) is 1.53. The fourth-order valence-electron chi connectivity index (χ4n) is 1.57. The average Bonchev–Trinajstić information content (AvgIpc) is 2.86. The van der Waals surface area contributed by atoms with Crippen molar-refractivity contribution in [2.24, 2.45) is 0 Å². The predicted molar refractivity (Wildman–Crippen MR) is 71.5 cm³/mol. The van der Waals surface area contributed by atoms with Gasteiger partial charge in [0.2, 0.25) is 5.89 Å². The summed E-state index contributed by atoms with van der Waals surface area (Å²) in [6, 6.07) is 9.02. The first-order valence-corrected chi connectivity index (χ1v) is 7.86. The fourth-order valence-corrected chi connectivity index (χ4v) is 2.05. The zero-order valence-electron chi connectivity index (χ0n) is 11.1. The van der Waals surface area contributed by atoms with Crippen LogP contribution in [0.25, 0.3) is 0 Å². The zero-order valence-corrected chi connectivity index (χ0v) is 11.9. The van der Waals surface area contributed by atoms with Crippen LogP contribution < -0.4 is 0 Å². The SMILES string of the molecule is CC(c1noc(Cc2ccc(C#N)cc2)n1)S(C)(=O)=O. The summed E-state index contributed by atoms with van der Waals surface area (Å²) in [6.45, 7) is 1.52. The Morgan fingerprint density at radius 2 is 2.00 bits per heavy atom. The van der Waals surface area contributed by atoms with Gasteiger partial charge in [-0.15, -0.1) is 0 Å². The lowest BCUT2D eigenvalue weighted by molar-refractivity contribution is 0.379. The lowest BCUT2D eigenvalue weighted by atomic mass is 10.1. The molecule has 1 aromatic carbocycles. The molecule has 0 aliphatic rings. The smallest absolute Gasteiger partial charge is 0.231 e. The Labute approximate surface area is 117 Å². The van der Waals surface area contributed by atoms with E-state index >= 15 is 0 Å². The third-order valence-electron chi connectivity index (χ3n) is 2.93. The number of hydrogen-bond donors (Lipinski definition) is 0. The second-order valence-corrected chi connectivity index (χ2v) is 6.87. The van der Waals surface area contributed by atoms with Gasteiger partial charge in [-0.2, -0.15) is 10.2 Å². The van der Waals surface area contributed by atoms with E-state index in [-0.39, 0.29) is 5.82 Å². The van der Waals surface area contributed by atoms with Crippen molar-refractivity contribution in [2.75, 3.05) is 6.26 Å². The predicted octanol–water partition coefficient (Wildman–Crippen LogP) is 1.64. The molecule has 2 rings (SSSR count). The van der Waals surface area contributed by atoms with Crippen LogP contribution in [0, 0.1) is 11.3 Å². The highest BCUT2D eigenvalue weighted by Crippen LogP contribution is 2.18. The van der Waals surface area contributed by atoms with E-state index in [1.807, 2.05) is 6.07 Å². The summed E-state index contributed by atoms with van der Waals surface area (Å²) in [5.74, 6) is 0.511. The minimum atomic E-state index is -3.25. The Hall–Kier alpha value is -2.20. The fraction of sp³-hybridized carbons (Fsp3) is 0.308. The molecule has 1 unspecified atom stereocenters. The van der Waals surface area contributed by atoms with Crippen LogP contribution in [-0.4, -0.2) is 24.8 Å². The molecule has 0 radical (unpaired) electrons. The van der Waals surface area contributed by atoms with Crippen LogP contribution in [0.4, 0.5) is 0 Å². The van der Waals surface area contributed by atoms with E-state index in [0.29, 0.717) is 17.9 Å². The summed E-state index contributed by atoms with van der Waals surface area (Å²) in [5, 5.41) is 11.6. The van der Waals surface area contributed by atoms with Crippen molar-refractivity contribution >= 4 is 9.84 Å². The molecule has 0 saturated carbocycles. The first-order chi connectivity index (χ1) is 9.40. The number of rotatable bonds is 4. The maximum Gasteiger partial charge on any atom is 0.231 e. The second kappa shape index (κ2) is 5.43. The summed E-state index contributed by atoms with van der Waals surface area (Å²) in [5.41, 5.74) is 1.48. The highest BCUT2D eigenvalue weighted by atomic mass is 32.2. The van der Waals surface area contributed by atoms with Gasteiger partial charge in [0, 0.05) is 6.26 Å². The van der Waals surface area contributed by atoms with Gasteiger partial charge in [0.1, 0.15) is 5.25 Å². The highest BCUT2D eigenvalue weighted by Gasteiger charge is 2.23. The molecule has 0 amide bonds. The normalized spacial score (nSPS) is 12.8. The van der Waals surface area contributed by atoms with E-state index in [4.69, 9.17) is 9.78 Å². The molecule has 1 aromatic heterocycles. The molecule has 104 valence electrons. The van der Waals surface area contributed by atoms with Gasteiger partial charge in [-0.3, -0.25) is 0 Å². The van der Waals surface area contributed by atoms with Crippen molar-refractivity contribution in [1.82, 2.24) is 10.1 Å². The van der Waals surface area contributed by atoms with Crippen molar-refractivity contribution in [3.05, 3.63) is 47.1 Å². The van der Waals surface area contributed by atoms with E-state index in [9.17, 15) is 8.42 Å². The molecule has 7 heteroatoms. The molecule has 0 N–H and O–H groups in total. The van der Waals surface area contributed by atoms with Gasteiger partial charge < -0.3 is 4.52 Å². The van der Waals surface area contributed by atoms with Crippen molar-refractivity contribution in [2.45, 2.75) is 18.6 Å². The van der Waals surface area contributed by atoms with Crippen LogP contribution in [0.2, 0.25) is 0 Å². The van der Waals surface area contributed by atoms with E-state index < -0.39 is 15.1 Å². The Bertz CT molecular complexity index is 742. The van der Waals surface area contributed by atoms with Crippen LogP contribution in [0.3, 0.4) is 0 Å². The van der Waals surface area contributed by atoms with Gasteiger partial charge >= 0.3 is 0 Å². The number of benzene rings is 1. The monoisotopic (exact) mass is 291 g/mol. The van der Waals surface area contributed by atoms with Crippen LogP contribution in [0.1, 0.15) is 35.0 Å². The van der Waals surface area contributed by atoms with Crippen LogP contribution >= 0.6 is 0 Å². The largest absolute Gasteiger partial charge is 0.339 e. The van der Waals surface area contributed by atoms with Crippen molar-refractivity contribution in [3.63, 3.8) is 0 Å². The lowest BCUT2D eigenvalue weighted by Crippen LogP contribution is -2.09. The minimum Gasteiger partial charge on any atom is -0.339 e. The van der Waals surface area contributed by atoms with Gasteiger partial charge in [0.15, 0.2) is 15.7 Å². The molecular formula is C13H13N3O3S. The molecule has 0 aliphatic carbocycles. The molecular weight excluding hydrogens is 278 g/mol. The van der Waals surface area contributed by atoms with Gasteiger partial charge in [-0.1, -0.05) is 17.3 Å². The van der Waals surface area contributed by atoms with E-state index in [1.54, 1.807) is 24.3 Å². The van der Waals surface area contributed by atoms with E-state index in [0.717, 1.165) is 11.8 Å². The first kappa shape index (κ1) is 14.2. The maximum absolute atomic E-state index is 11.4. The summed E-state index contributed by atoms with van der Waals surface area (Å²) < 4.78 is 27.9. The highest BCUT2D eigenvalue weighted by molar-refractivity contribution is 7.90. The number of nitrogens with zero attached hydrogens (tertiary/aromatic N) is 3. The molecule has 0 aliphatic heterocycles. The van der Waals surface area contributed by atoms with Crippen molar-refractivity contribution in [3.8, 4) is 6.07 Å². The molecule has 6 nitrogen and oxygen atoms in total. The van der Waals surface area contributed by atoms with Crippen molar-refractivity contribution < 1.29 is 12.9 Å². The quantitative estimate of drug-likeness (QED) is 0.849. The third kappa shape index (κ3) is 3.22. The number of hydrogen-bond acceptors (Lipinski definition) is 6. The van der Waals surface area contributed by atoms with Crippen LogP contribution in [0.15, 0.2) is 28.8 Å². The van der Waals surface area contributed by atoms with Gasteiger partial charge in [-0.05, 0) is 24.6 Å². The first-order valence-electron chi connectivity index (χ1n) is 5.90. The molecule has 0 bridgehead atoms. The summed E-state index contributed by atoms with van der Waals surface area (Å²) >= 11 is 0. The Morgan fingerprint density at radius 3 is 2.55 bits per heavy atom. The number of nitriles is 1. The number of aromatic nitrogens is 2. The Morgan fingerprint density at radius 1 is 1.35 bits per heavy atom. The summed E-state index contributed by atoms with van der Waals surface area (Å²) in [4.78, 5) is 4.09.